The van der Waals surface area contributed by atoms with Crippen molar-refractivity contribution in [1.82, 2.24) is 5.32 Å². The maximum Gasteiger partial charge on any atom is 0.119 e. The molecule has 0 spiro atoms. The molecule has 0 fully saturated rings. The van der Waals surface area contributed by atoms with Crippen molar-refractivity contribution in [1.29, 1.82) is 0 Å². The molecule has 0 bridgehead atoms. The zero-order valence-electron chi connectivity index (χ0n) is 13.6. The standard InChI is InChI=1S/C18H31NO/c1-5-8-9-16-10-12-17(13-11-16)20-15(4)18(7-3)19-14-6-2/h10-13,15,18-19H,5-9,14H2,1-4H3. The zero-order chi connectivity index (χ0) is 14.8. The minimum atomic E-state index is 0.202. The van der Waals surface area contributed by atoms with Crippen LogP contribution in [0.4, 0.5) is 0 Å². The molecule has 1 aromatic rings. The van der Waals surface area contributed by atoms with Crippen molar-refractivity contribution in [3.05, 3.63) is 29.8 Å². The largest absolute Gasteiger partial charge is 0.489 e. The van der Waals surface area contributed by atoms with Crippen molar-refractivity contribution < 1.29 is 4.74 Å². The van der Waals surface area contributed by atoms with Crippen LogP contribution in [-0.2, 0) is 6.42 Å². The van der Waals surface area contributed by atoms with Crippen LogP contribution in [0.2, 0.25) is 0 Å². The van der Waals surface area contributed by atoms with Gasteiger partial charge >= 0.3 is 0 Å². The zero-order valence-corrected chi connectivity index (χ0v) is 13.6. The number of hydrogen-bond acceptors (Lipinski definition) is 2. The summed E-state index contributed by atoms with van der Waals surface area (Å²) in [4.78, 5) is 0. The van der Waals surface area contributed by atoms with Gasteiger partial charge in [-0.25, -0.2) is 0 Å². The Morgan fingerprint density at radius 2 is 1.75 bits per heavy atom. The lowest BCUT2D eigenvalue weighted by atomic mass is 10.1. The van der Waals surface area contributed by atoms with E-state index in [0.29, 0.717) is 6.04 Å². The highest BCUT2D eigenvalue weighted by Crippen LogP contribution is 2.17. The topological polar surface area (TPSA) is 21.3 Å². The molecule has 2 nitrogen and oxygen atoms in total. The van der Waals surface area contributed by atoms with Gasteiger partial charge in [-0.3, -0.25) is 0 Å². The Morgan fingerprint density at radius 1 is 1.05 bits per heavy atom. The Bertz CT molecular complexity index is 347. The van der Waals surface area contributed by atoms with Crippen LogP contribution < -0.4 is 10.1 Å². The van der Waals surface area contributed by atoms with E-state index in [0.717, 1.165) is 25.1 Å². The summed E-state index contributed by atoms with van der Waals surface area (Å²) in [5.41, 5.74) is 1.41. The molecule has 0 radical (unpaired) electrons. The predicted octanol–water partition coefficient (Wildman–Crippen LogP) is 4.57. The van der Waals surface area contributed by atoms with Gasteiger partial charge in [-0.15, -0.1) is 0 Å². The molecule has 0 saturated heterocycles. The third-order valence-corrected chi connectivity index (χ3v) is 3.73. The summed E-state index contributed by atoms with van der Waals surface area (Å²) in [5, 5.41) is 3.55. The van der Waals surface area contributed by atoms with Crippen molar-refractivity contribution in [2.75, 3.05) is 6.54 Å². The fraction of sp³-hybridized carbons (Fsp3) is 0.667. The minimum Gasteiger partial charge on any atom is -0.489 e. The molecule has 114 valence electrons. The quantitative estimate of drug-likeness (QED) is 0.676. The Hall–Kier alpha value is -1.02. The Labute approximate surface area is 124 Å². The van der Waals surface area contributed by atoms with Crippen molar-refractivity contribution in [2.24, 2.45) is 0 Å². The van der Waals surface area contributed by atoms with Gasteiger partial charge in [0.25, 0.3) is 0 Å². The maximum atomic E-state index is 6.06. The van der Waals surface area contributed by atoms with E-state index in [9.17, 15) is 0 Å². The molecule has 1 rings (SSSR count). The number of ether oxygens (including phenoxy) is 1. The summed E-state index contributed by atoms with van der Waals surface area (Å²) < 4.78 is 6.06. The lowest BCUT2D eigenvalue weighted by molar-refractivity contribution is 0.167. The molecule has 20 heavy (non-hydrogen) atoms. The van der Waals surface area contributed by atoms with E-state index < -0.39 is 0 Å². The highest BCUT2D eigenvalue weighted by molar-refractivity contribution is 5.27. The van der Waals surface area contributed by atoms with Crippen molar-refractivity contribution in [3.63, 3.8) is 0 Å². The summed E-state index contributed by atoms with van der Waals surface area (Å²) in [5.74, 6) is 0.981. The number of nitrogens with one attached hydrogen (secondary N) is 1. The molecule has 2 atom stereocenters. The molecule has 1 aromatic carbocycles. The Kier molecular flexibility index (Phi) is 8.36. The molecule has 0 aliphatic carbocycles. The van der Waals surface area contributed by atoms with Gasteiger partial charge in [0, 0.05) is 6.04 Å². The highest BCUT2D eigenvalue weighted by atomic mass is 16.5. The van der Waals surface area contributed by atoms with Gasteiger partial charge < -0.3 is 10.1 Å². The molecule has 0 saturated carbocycles. The molecule has 2 unspecified atom stereocenters. The molecule has 0 aromatic heterocycles. The van der Waals surface area contributed by atoms with Gasteiger partial charge in [0.1, 0.15) is 11.9 Å². The van der Waals surface area contributed by atoms with Crippen molar-refractivity contribution in [3.8, 4) is 5.75 Å². The van der Waals surface area contributed by atoms with Crippen LogP contribution in [0.15, 0.2) is 24.3 Å². The van der Waals surface area contributed by atoms with Crippen LogP contribution in [-0.4, -0.2) is 18.7 Å². The van der Waals surface area contributed by atoms with E-state index in [1.54, 1.807) is 0 Å². The first-order valence-electron chi connectivity index (χ1n) is 8.20. The third-order valence-electron chi connectivity index (χ3n) is 3.73. The van der Waals surface area contributed by atoms with Gasteiger partial charge in [-0.05, 0) is 56.8 Å². The van der Waals surface area contributed by atoms with E-state index >= 15 is 0 Å². The van der Waals surface area contributed by atoms with Gasteiger partial charge in [0.15, 0.2) is 0 Å². The van der Waals surface area contributed by atoms with E-state index in [2.05, 4.69) is 57.3 Å². The first kappa shape index (κ1) is 17.0. The fourth-order valence-corrected chi connectivity index (χ4v) is 2.38. The smallest absolute Gasteiger partial charge is 0.119 e. The Morgan fingerprint density at radius 3 is 2.30 bits per heavy atom. The van der Waals surface area contributed by atoms with Crippen LogP contribution >= 0.6 is 0 Å². The molecule has 2 heteroatoms. The monoisotopic (exact) mass is 277 g/mol. The van der Waals surface area contributed by atoms with Gasteiger partial charge in [0.2, 0.25) is 0 Å². The van der Waals surface area contributed by atoms with Crippen molar-refractivity contribution >= 4 is 0 Å². The summed E-state index contributed by atoms with van der Waals surface area (Å²) in [6.07, 6.45) is 6.13. The average Bonchev–Trinajstić information content (AvgIpc) is 2.47. The molecular formula is C18H31NO. The normalized spacial score (nSPS) is 14.0. The van der Waals surface area contributed by atoms with E-state index in [-0.39, 0.29) is 6.10 Å². The molecule has 1 N–H and O–H groups in total. The minimum absolute atomic E-state index is 0.202. The maximum absolute atomic E-state index is 6.06. The molecule has 0 aliphatic heterocycles. The summed E-state index contributed by atoms with van der Waals surface area (Å²) in [6, 6.07) is 9.02. The fourth-order valence-electron chi connectivity index (χ4n) is 2.38. The van der Waals surface area contributed by atoms with Crippen molar-refractivity contribution in [2.45, 2.75) is 71.9 Å². The van der Waals surface area contributed by atoms with Gasteiger partial charge in [-0.1, -0.05) is 39.3 Å². The number of unbranched alkanes of at least 4 members (excludes halogenated alkanes) is 1. The van der Waals surface area contributed by atoms with Crippen LogP contribution in [0.1, 0.15) is 58.9 Å². The summed E-state index contributed by atoms with van der Waals surface area (Å²) in [6.45, 7) is 9.85. The summed E-state index contributed by atoms with van der Waals surface area (Å²) >= 11 is 0. The lowest BCUT2D eigenvalue weighted by Gasteiger charge is -2.25. The molecule has 0 aliphatic rings. The van der Waals surface area contributed by atoms with E-state index in [1.807, 2.05) is 0 Å². The van der Waals surface area contributed by atoms with Gasteiger partial charge in [0.05, 0.1) is 0 Å². The number of aryl methyl sites for hydroxylation is 1. The third kappa shape index (κ3) is 5.96. The number of hydrogen-bond donors (Lipinski definition) is 1. The number of benzene rings is 1. The van der Waals surface area contributed by atoms with Gasteiger partial charge in [-0.2, -0.15) is 0 Å². The Balaban J connectivity index is 2.49. The first-order valence-corrected chi connectivity index (χ1v) is 8.20. The van der Waals surface area contributed by atoms with Crippen LogP contribution in [0.3, 0.4) is 0 Å². The van der Waals surface area contributed by atoms with Crippen LogP contribution in [0.25, 0.3) is 0 Å². The molecular weight excluding hydrogens is 246 g/mol. The average molecular weight is 277 g/mol. The second-order valence-corrected chi connectivity index (χ2v) is 5.54. The highest BCUT2D eigenvalue weighted by Gasteiger charge is 2.15. The summed E-state index contributed by atoms with van der Waals surface area (Å²) in [7, 11) is 0. The molecule has 0 heterocycles. The number of rotatable bonds is 10. The van der Waals surface area contributed by atoms with E-state index in [4.69, 9.17) is 4.74 Å². The van der Waals surface area contributed by atoms with E-state index in [1.165, 1.54) is 24.8 Å². The lowest BCUT2D eigenvalue weighted by Crippen LogP contribution is -2.41. The van der Waals surface area contributed by atoms with Crippen LogP contribution in [0.5, 0.6) is 5.75 Å². The second kappa shape index (κ2) is 9.82. The predicted molar refractivity (Wildman–Crippen MR) is 87.5 cm³/mol. The first-order chi connectivity index (χ1) is 9.71. The SMILES string of the molecule is CCCCc1ccc(OC(C)C(CC)NCCC)cc1. The second-order valence-electron chi connectivity index (χ2n) is 5.54. The molecule has 0 amide bonds. The van der Waals surface area contributed by atoms with Crippen LogP contribution in [0, 0.1) is 0 Å².